The summed E-state index contributed by atoms with van der Waals surface area (Å²) >= 11 is 0.147. The third-order valence-electron chi connectivity index (χ3n) is 2.63. The second-order valence-electron chi connectivity index (χ2n) is 3.63. The van der Waals surface area contributed by atoms with Gasteiger partial charge in [0.1, 0.15) is 0 Å². The maximum atomic E-state index is 2.33. The Kier molecular flexibility index (Phi) is 2.41. The predicted octanol–water partition coefficient (Wildman–Crippen LogP) is 3.25. The first-order valence-electron chi connectivity index (χ1n) is 5.04. The summed E-state index contributed by atoms with van der Waals surface area (Å²) in [6, 6.07) is 17.6. The second kappa shape index (κ2) is 3.89. The number of hydrogen-bond acceptors (Lipinski definition) is 0. The molecule has 15 heavy (non-hydrogen) atoms. The first kappa shape index (κ1) is 9.28. The van der Waals surface area contributed by atoms with Gasteiger partial charge in [0.2, 0.25) is 0 Å². The molecular formula is C14H11I. The fourth-order valence-electron chi connectivity index (χ4n) is 1.82. The van der Waals surface area contributed by atoms with Crippen molar-refractivity contribution in [3.63, 3.8) is 0 Å². The van der Waals surface area contributed by atoms with E-state index in [2.05, 4.69) is 54.6 Å². The van der Waals surface area contributed by atoms with Crippen LogP contribution in [0.5, 0.6) is 0 Å². The summed E-state index contributed by atoms with van der Waals surface area (Å²) in [5.74, 6) is 0. The van der Waals surface area contributed by atoms with Crippen molar-refractivity contribution in [1.29, 1.82) is 0 Å². The lowest BCUT2D eigenvalue weighted by atomic mass is 10.1. The molecular weight excluding hydrogens is 295 g/mol. The van der Waals surface area contributed by atoms with E-state index < -0.39 is 0 Å². The van der Waals surface area contributed by atoms with E-state index >= 15 is 0 Å². The van der Waals surface area contributed by atoms with Crippen LogP contribution in [-0.2, 0) is 4.43 Å². The zero-order valence-electron chi connectivity index (χ0n) is 8.28. The molecule has 0 atom stereocenters. The van der Waals surface area contributed by atoms with E-state index in [1.807, 2.05) is 0 Å². The Morgan fingerprint density at radius 3 is 2.67 bits per heavy atom. The highest BCUT2D eigenvalue weighted by Crippen LogP contribution is 2.20. The van der Waals surface area contributed by atoms with Crippen LogP contribution < -0.4 is 5.22 Å². The van der Waals surface area contributed by atoms with Crippen molar-refractivity contribution in [3.8, 4) is 0 Å². The zero-order valence-corrected chi connectivity index (χ0v) is 10.4. The molecule has 0 nitrogen and oxygen atoms in total. The van der Waals surface area contributed by atoms with Crippen LogP contribution in [0.15, 0.2) is 48.5 Å². The van der Waals surface area contributed by atoms with Gasteiger partial charge < -0.3 is 0 Å². The lowest BCUT2D eigenvalue weighted by Crippen LogP contribution is -1.99. The number of benzene rings is 2. The van der Waals surface area contributed by atoms with E-state index in [0.29, 0.717) is 0 Å². The van der Waals surface area contributed by atoms with Gasteiger partial charge in [-0.2, -0.15) is 0 Å². The normalized spacial score (nSPS) is 13.3. The topological polar surface area (TPSA) is 0 Å². The summed E-state index contributed by atoms with van der Waals surface area (Å²) in [4.78, 5) is 0. The summed E-state index contributed by atoms with van der Waals surface area (Å²) in [5, 5.41) is 1.43. The highest BCUT2D eigenvalue weighted by atomic mass is 127. The molecule has 0 bridgehead atoms. The van der Waals surface area contributed by atoms with Crippen molar-refractivity contribution in [3.05, 3.63) is 68.0 Å². The molecule has 1 aliphatic heterocycles. The molecule has 2 aromatic carbocycles. The molecule has 1 heteroatoms. The lowest BCUT2D eigenvalue weighted by molar-refractivity contribution is 1.42. The molecule has 3 rings (SSSR count). The van der Waals surface area contributed by atoms with Crippen LogP contribution in [-0.4, -0.2) is 0 Å². The summed E-state index contributed by atoms with van der Waals surface area (Å²) in [7, 11) is 0. The predicted molar refractivity (Wildman–Crippen MR) is 72.6 cm³/mol. The van der Waals surface area contributed by atoms with Crippen molar-refractivity contribution in [2.45, 2.75) is 4.43 Å². The van der Waals surface area contributed by atoms with Gasteiger partial charge in [-0.1, -0.05) is 42.5 Å². The first-order chi connectivity index (χ1) is 7.43. The molecule has 74 valence electrons. The average Bonchev–Trinajstić information content (AvgIpc) is 2.48. The summed E-state index contributed by atoms with van der Waals surface area (Å²) in [6.07, 6.45) is 2.33. The molecule has 0 aromatic heterocycles. The molecule has 0 amide bonds. The van der Waals surface area contributed by atoms with Gasteiger partial charge in [-0.05, 0) is 28.5 Å². The number of alkyl halides is 1. The average molecular weight is 306 g/mol. The van der Waals surface area contributed by atoms with Crippen molar-refractivity contribution < 1.29 is 0 Å². The van der Waals surface area contributed by atoms with Gasteiger partial charge in [-0.15, -0.1) is 20.7 Å². The maximum absolute atomic E-state index is 2.33. The highest BCUT2D eigenvalue weighted by molar-refractivity contribution is 14.2. The fraction of sp³-hybridized carbons (Fsp3) is 0.0714. The molecule has 0 N–H and O–H groups in total. The van der Waals surface area contributed by atoms with E-state index in [1.165, 1.54) is 20.8 Å². The zero-order chi connectivity index (χ0) is 10.1. The quantitative estimate of drug-likeness (QED) is 0.518. The van der Waals surface area contributed by atoms with Crippen LogP contribution in [0.25, 0.3) is 6.08 Å². The smallest absolute Gasteiger partial charge is 0.0210 e. The van der Waals surface area contributed by atoms with Gasteiger partial charge in [-0.25, -0.2) is 0 Å². The Bertz CT molecular complexity index is 611. The lowest BCUT2D eigenvalue weighted by Gasteiger charge is -1.99. The van der Waals surface area contributed by atoms with Crippen molar-refractivity contribution in [1.82, 2.24) is 0 Å². The van der Waals surface area contributed by atoms with Gasteiger partial charge in [0.15, 0.2) is 0 Å². The van der Waals surface area contributed by atoms with Crippen LogP contribution in [0.4, 0.5) is 0 Å². The van der Waals surface area contributed by atoms with Gasteiger partial charge >= 0.3 is 0 Å². The molecule has 0 fully saturated rings. The molecule has 1 aliphatic rings. The summed E-state index contributed by atoms with van der Waals surface area (Å²) in [5.41, 5.74) is 2.92. The van der Waals surface area contributed by atoms with Crippen LogP contribution >= 0.6 is 20.7 Å². The molecule has 0 unspecified atom stereocenters. The Balaban J connectivity index is 2.36. The Morgan fingerprint density at radius 2 is 1.67 bits per heavy atom. The van der Waals surface area contributed by atoms with Crippen molar-refractivity contribution in [2.75, 3.05) is 0 Å². The minimum Gasteiger partial charge on any atom is -0.109 e. The van der Waals surface area contributed by atoms with Crippen LogP contribution in [0.1, 0.15) is 11.1 Å². The largest absolute Gasteiger partial charge is 0.109 e. The van der Waals surface area contributed by atoms with E-state index in [9.17, 15) is 0 Å². The Hall–Kier alpha value is -0.960. The van der Waals surface area contributed by atoms with E-state index in [0.717, 1.165) is 0 Å². The van der Waals surface area contributed by atoms with Crippen molar-refractivity contribution >= 4 is 26.8 Å². The number of hydrogen-bond donors (Lipinski definition) is 0. The van der Waals surface area contributed by atoms with E-state index in [4.69, 9.17) is 0 Å². The van der Waals surface area contributed by atoms with Crippen molar-refractivity contribution in [2.24, 2.45) is 0 Å². The maximum Gasteiger partial charge on any atom is 0.0210 e. The minimum absolute atomic E-state index is 0.147. The van der Waals surface area contributed by atoms with Crippen LogP contribution in [0.3, 0.4) is 0 Å². The minimum atomic E-state index is 0.147. The highest BCUT2D eigenvalue weighted by Gasteiger charge is 2.00. The molecule has 2 aromatic rings. The molecule has 0 saturated heterocycles. The molecule has 0 radical (unpaired) electrons. The third-order valence-corrected chi connectivity index (χ3v) is 5.63. The number of fused-ring (bicyclic) bond motifs is 2. The van der Waals surface area contributed by atoms with Crippen LogP contribution in [0, 0.1) is 3.15 Å². The van der Waals surface area contributed by atoms with E-state index in [1.54, 1.807) is 3.15 Å². The molecule has 0 saturated carbocycles. The van der Waals surface area contributed by atoms with Gasteiger partial charge in [0, 0.05) is 7.58 Å². The van der Waals surface area contributed by atoms with Gasteiger partial charge in [0.25, 0.3) is 0 Å². The van der Waals surface area contributed by atoms with Crippen LogP contribution in [0.2, 0.25) is 0 Å². The standard InChI is InChI=1S/C14H11I/c1-2-7-13-10-15-14-8-4-3-6-12(14)9-11(13)5-1/h1-9H,10H2. The van der Waals surface area contributed by atoms with E-state index in [-0.39, 0.29) is 20.7 Å². The number of rotatable bonds is 0. The molecule has 1 heterocycles. The Morgan fingerprint density at radius 1 is 0.867 bits per heavy atom. The first-order valence-corrected chi connectivity index (χ1v) is 7.65. The molecule has 0 spiro atoms. The van der Waals surface area contributed by atoms with Gasteiger partial charge in [0.05, 0.1) is 0 Å². The third kappa shape index (κ3) is 1.76. The summed E-state index contributed by atoms with van der Waals surface area (Å²) < 4.78 is 2.84. The Labute approximate surface area is 99.0 Å². The fourth-order valence-corrected chi connectivity index (χ4v) is 4.58. The second-order valence-corrected chi connectivity index (χ2v) is 6.32. The SMILES string of the molecule is C1=c2ccccc2=ICc2ccccc21. The molecule has 0 aliphatic carbocycles. The van der Waals surface area contributed by atoms with Gasteiger partial charge in [-0.3, -0.25) is 0 Å². The number of halogens is 1. The summed E-state index contributed by atoms with van der Waals surface area (Å²) in [6.45, 7) is 0. The monoisotopic (exact) mass is 306 g/mol.